The van der Waals surface area contributed by atoms with Crippen LogP contribution < -0.4 is 11.1 Å². The molecular weight excluding hydrogens is 306 g/mol. The molecule has 0 unspecified atom stereocenters. The van der Waals surface area contributed by atoms with Crippen LogP contribution in [0.1, 0.15) is 24.8 Å². The number of imide groups is 1. The molecule has 7 heteroatoms. The first-order chi connectivity index (χ1) is 10.1. The van der Waals surface area contributed by atoms with Crippen molar-refractivity contribution in [2.24, 2.45) is 0 Å². The summed E-state index contributed by atoms with van der Waals surface area (Å²) in [5, 5.41) is 2.78. The molecule has 0 spiro atoms. The van der Waals surface area contributed by atoms with E-state index >= 15 is 0 Å². The first kappa shape index (κ1) is 18.0. The minimum atomic E-state index is -0.185. The summed E-state index contributed by atoms with van der Waals surface area (Å²) in [4.78, 5) is 35.6. The normalized spacial score (nSPS) is 13.9. The summed E-state index contributed by atoms with van der Waals surface area (Å²) in [5.74, 6) is -0.526. The fourth-order valence-corrected chi connectivity index (χ4v) is 2.20. The minimum absolute atomic E-state index is 0. The molecule has 0 aromatic heterocycles. The summed E-state index contributed by atoms with van der Waals surface area (Å²) < 4.78 is 0. The Labute approximate surface area is 135 Å². The van der Waals surface area contributed by atoms with Gasteiger partial charge in [0.15, 0.2) is 0 Å². The number of nitrogens with zero attached hydrogens (tertiary/aromatic N) is 1. The number of hydrogen-bond acceptors (Lipinski definition) is 4. The largest absolute Gasteiger partial charge is 0.399 e. The molecule has 1 fully saturated rings. The van der Waals surface area contributed by atoms with E-state index in [1.54, 1.807) is 0 Å². The Morgan fingerprint density at radius 1 is 1.14 bits per heavy atom. The van der Waals surface area contributed by atoms with E-state index in [1.165, 1.54) is 4.90 Å². The number of likely N-dealkylation sites (tertiary alicyclic amines) is 1. The topological polar surface area (TPSA) is 92.5 Å². The van der Waals surface area contributed by atoms with E-state index in [-0.39, 0.29) is 55.9 Å². The Balaban J connectivity index is 0.00000242. The first-order valence-corrected chi connectivity index (χ1v) is 7.00. The van der Waals surface area contributed by atoms with E-state index in [0.717, 1.165) is 5.56 Å². The smallest absolute Gasteiger partial charge is 0.229 e. The zero-order valence-electron chi connectivity index (χ0n) is 12.2. The molecule has 120 valence electrons. The number of carbonyl (C=O) groups excluding carboxylic acids is 3. The lowest BCUT2D eigenvalue weighted by Crippen LogP contribution is -2.34. The maximum Gasteiger partial charge on any atom is 0.229 e. The van der Waals surface area contributed by atoms with Gasteiger partial charge in [0, 0.05) is 38.0 Å². The summed E-state index contributed by atoms with van der Waals surface area (Å²) >= 11 is 0. The van der Waals surface area contributed by atoms with E-state index in [9.17, 15) is 14.4 Å². The molecule has 3 N–H and O–H groups in total. The number of anilines is 1. The highest BCUT2D eigenvalue weighted by molar-refractivity contribution is 6.02. The monoisotopic (exact) mass is 325 g/mol. The zero-order valence-corrected chi connectivity index (χ0v) is 13.0. The predicted molar refractivity (Wildman–Crippen MR) is 85.4 cm³/mol. The number of hydrogen-bond donors (Lipinski definition) is 2. The van der Waals surface area contributed by atoms with Crippen molar-refractivity contribution in [1.82, 2.24) is 10.2 Å². The molecule has 1 aromatic rings. The third kappa shape index (κ3) is 5.04. The maximum atomic E-state index is 11.7. The fourth-order valence-electron chi connectivity index (χ4n) is 2.20. The van der Waals surface area contributed by atoms with Gasteiger partial charge in [-0.1, -0.05) is 12.1 Å². The Morgan fingerprint density at radius 3 is 2.32 bits per heavy atom. The molecule has 1 aliphatic heterocycles. The lowest BCUT2D eigenvalue weighted by molar-refractivity contribution is -0.138. The van der Waals surface area contributed by atoms with E-state index in [4.69, 9.17) is 5.73 Å². The number of nitrogen functional groups attached to an aromatic ring is 1. The zero-order chi connectivity index (χ0) is 15.2. The standard InChI is InChI=1S/C15H19N3O3.ClH/c16-12-3-1-11(2-4-12)7-9-17-13(19)8-10-18-14(20)5-6-15(18)21;/h1-4H,5-10,16H2,(H,17,19);1H. The molecule has 22 heavy (non-hydrogen) atoms. The van der Waals surface area contributed by atoms with Crippen molar-refractivity contribution in [2.75, 3.05) is 18.8 Å². The van der Waals surface area contributed by atoms with Crippen LogP contribution in [0.5, 0.6) is 0 Å². The quantitative estimate of drug-likeness (QED) is 0.600. The van der Waals surface area contributed by atoms with E-state index in [1.807, 2.05) is 24.3 Å². The molecule has 2 rings (SSSR count). The Kier molecular flexibility index (Phi) is 6.85. The lowest BCUT2D eigenvalue weighted by Gasteiger charge is -2.13. The van der Waals surface area contributed by atoms with Gasteiger partial charge in [0.2, 0.25) is 17.7 Å². The molecule has 0 saturated carbocycles. The van der Waals surface area contributed by atoms with Crippen molar-refractivity contribution in [3.8, 4) is 0 Å². The van der Waals surface area contributed by atoms with Gasteiger partial charge >= 0.3 is 0 Å². The lowest BCUT2D eigenvalue weighted by atomic mass is 10.1. The first-order valence-electron chi connectivity index (χ1n) is 7.00. The molecule has 0 atom stereocenters. The molecule has 1 aromatic carbocycles. The van der Waals surface area contributed by atoms with Crippen LogP contribution in [0.15, 0.2) is 24.3 Å². The second-order valence-corrected chi connectivity index (χ2v) is 5.03. The highest BCUT2D eigenvalue weighted by Gasteiger charge is 2.28. The van der Waals surface area contributed by atoms with Crippen molar-refractivity contribution in [3.05, 3.63) is 29.8 Å². The average molecular weight is 326 g/mol. The number of carbonyl (C=O) groups is 3. The maximum absolute atomic E-state index is 11.7. The van der Waals surface area contributed by atoms with Crippen molar-refractivity contribution in [2.45, 2.75) is 25.7 Å². The molecule has 6 nitrogen and oxygen atoms in total. The summed E-state index contributed by atoms with van der Waals surface area (Å²) in [6.07, 6.45) is 1.39. The van der Waals surface area contributed by atoms with Gasteiger partial charge in [0.1, 0.15) is 0 Å². The highest BCUT2D eigenvalue weighted by atomic mass is 35.5. The number of benzene rings is 1. The van der Waals surface area contributed by atoms with Crippen LogP contribution in [0.4, 0.5) is 5.69 Å². The van der Waals surface area contributed by atoms with Crippen molar-refractivity contribution < 1.29 is 14.4 Å². The Bertz CT molecular complexity index is 529. The van der Waals surface area contributed by atoms with Gasteiger partial charge in [-0.05, 0) is 24.1 Å². The summed E-state index contributed by atoms with van der Waals surface area (Å²) in [5.41, 5.74) is 7.40. The Hall–Kier alpha value is -2.08. The molecular formula is C15H20ClN3O3. The highest BCUT2D eigenvalue weighted by Crippen LogP contribution is 2.11. The molecule has 1 heterocycles. The van der Waals surface area contributed by atoms with E-state index < -0.39 is 0 Å². The number of nitrogens with one attached hydrogen (secondary N) is 1. The van der Waals surface area contributed by atoms with Gasteiger partial charge in [-0.25, -0.2) is 0 Å². The molecule has 0 bridgehead atoms. The summed E-state index contributed by atoms with van der Waals surface area (Å²) in [6, 6.07) is 7.48. The molecule has 0 radical (unpaired) electrons. The van der Waals surface area contributed by atoms with Crippen LogP contribution in [0.25, 0.3) is 0 Å². The minimum Gasteiger partial charge on any atom is -0.399 e. The van der Waals surface area contributed by atoms with Crippen molar-refractivity contribution in [1.29, 1.82) is 0 Å². The molecule has 3 amide bonds. The summed E-state index contributed by atoms with van der Waals surface area (Å²) in [7, 11) is 0. The van der Waals surface area contributed by atoms with Crippen molar-refractivity contribution in [3.63, 3.8) is 0 Å². The van der Waals surface area contributed by atoms with Gasteiger partial charge in [0.05, 0.1) is 0 Å². The number of rotatable bonds is 6. The van der Waals surface area contributed by atoms with Crippen LogP contribution >= 0.6 is 12.4 Å². The van der Waals surface area contributed by atoms with E-state index in [0.29, 0.717) is 18.7 Å². The average Bonchev–Trinajstić information content (AvgIpc) is 2.78. The van der Waals surface area contributed by atoms with Crippen LogP contribution in [0, 0.1) is 0 Å². The SMILES string of the molecule is Cl.Nc1ccc(CCNC(=O)CCN2C(=O)CCC2=O)cc1. The van der Waals surface area contributed by atoms with Crippen LogP contribution in [0.3, 0.4) is 0 Å². The number of halogens is 1. The second kappa shape index (κ2) is 8.38. The Morgan fingerprint density at radius 2 is 1.73 bits per heavy atom. The number of amides is 3. The third-order valence-electron chi connectivity index (χ3n) is 3.43. The summed E-state index contributed by atoms with van der Waals surface area (Å²) in [6.45, 7) is 0.690. The van der Waals surface area contributed by atoms with Gasteiger partial charge in [0.25, 0.3) is 0 Å². The number of nitrogens with two attached hydrogens (primary N) is 1. The predicted octanol–water partition coefficient (Wildman–Crippen LogP) is 0.888. The van der Waals surface area contributed by atoms with Crippen LogP contribution in [-0.4, -0.2) is 35.7 Å². The third-order valence-corrected chi connectivity index (χ3v) is 3.43. The van der Waals surface area contributed by atoms with Crippen LogP contribution in [0.2, 0.25) is 0 Å². The molecule has 0 aliphatic carbocycles. The van der Waals surface area contributed by atoms with Gasteiger partial charge in [-0.15, -0.1) is 12.4 Å². The fraction of sp³-hybridized carbons (Fsp3) is 0.400. The molecule has 1 saturated heterocycles. The van der Waals surface area contributed by atoms with Gasteiger partial charge in [-0.2, -0.15) is 0 Å². The van der Waals surface area contributed by atoms with Crippen LogP contribution in [-0.2, 0) is 20.8 Å². The second-order valence-electron chi connectivity index (χ2n) is 5.03. The van der Waals surface area contributed by atoms with Gasteiger partial charge in [-0.3, -0.25) is 19.3 Å². The molecule has 1 aliphatic rings. The van der Waals surface area contributed by atoms with Crippen molar-refractivity contribution >= 4 is 35.8 Å². The van der Waals surface area contributed by atoms with Gasteiger partial charge < -0.3 is 11.1 Å². The van der Waals surface area contributed by atoms with E-state index in [2.05, 4.69) is 5.32 Å².